The highest BCUT2D eigenvalue weighted by atomic mass is 16.5. The number of anilines is 1. The minimum absolute atomic E-state index is 0.192. The van der Waals surface area contributed by atoms with Crippen LogP contribution >= 0.6 is 0 Å². The molecule has 0 saturated heterocycles. The van der Waals surface area contributed by atoms with E-state index in [0.29, 0.717) is 12.3 Å². The lowest BCUT2D eigenvalue weighted by atomic mass is 10.1. The first kappa shape index (κ1) is 17.0. The number of hydrogen-bond acceptors (Lipinski definition) is 4. The van der Waals surface area contributed by atoms with Gasteiger partial charge in [-0.2, -0.15) is 0 Å². The van der Waals surface area contributed by atoms with Gasteiger partial charge in [0.2, 0.25) is 5.88 Å². The number of benzene rings is 1. The highest BCUT2D eigenvalue weighted by molar-refractivity contribution is 5.92. The maximum absolute atomic E-state index is 11.7. The molecule has 0 radical (unpaired) electrons. The van der Waals surface area contributed by atoms with Crippen molar-refractivity contribution in [3.8, 4) is 5.88 Å². The average Bonchev–Trinajstić information content (AvgIpc) is 2.58. The number of allylic oxidation sites excluding steroid dienone is 2. The second kappa shape index (κ2) is 8.93. The van der Waals surface area contributed by atoms with Crippen LogP contribution in [0.1, 0.15) is 32.6 Å². The van der Waals surface area contributed by atoms with Crippen LogP contribution in [0.4, 0.5) is 5.69 Å². The smallest absolute Gasteiger partial charge is 0.215 e. The van der Waals surface area contributed by atoms with Crippen molar-refractivity contribution in [3.05, 3.63) is 42.5 Å². The zero-order chi connectivity index (χ0) is 16.5. The first-order valence-corrected chi connectivity index (χ1v) is 8.11. The number of nitrogens with one attached hydrogen (secondary N) is 1. The zero-order valence-electron chi connectivity index (χ0n) is 13.8. The van der Waals surface area contributed by atoms with Gasteiger partial charge in [-0.15, -0.1) is 0 Å². The summed E-state index contributed by atoms with van der Waals surface area (Å²) in [5.74, 6) is 0.780. The molecule has 0 atom stereocenters. The van der Waals surface area contributed by atoms with E-state index < -0.39 is 0 Å². The summed E-state index contributed by atoms with van der Waals surface area (Å²) in [5.41, 5.74) is 1.88. The maximum Gasteiger partial charge on any atom is 0.215 e. The molecule has 4 nitrogen and oxygen atoms in total. The zero-order valence-corrected chi connectivity index (χ0v) is 13.8. The summed E-state index contributed by atoms with van der Waals surface area (Å²) < 4.78 is 5.25. The molecule has 1 aromatic carbocycles. The van der Waals surface area contributed by atoms with E-state index in [9.17, 15) is 4.79 Å². The number of nitrogens with zero attached hydrogens (tertiary/aromatic N) is 1. The van der Waals surface area contributed by atoms with Crippen LogP contribution in [0.15, 0.2) is 42.5 Å². The Kier molecular flexibility index (Phi) is 6.60. The van der Waals surface area contributed by atoms with Gasteiger partial charge in [0.05, 0.1) is 12.6 Å². The van der Waals surface area contributed by atoms with Crippen LogP contribution in [0, 0.1) is 0 Å². The Morgan fingerprint density at radius 3 is 2.96 bits per heavy atom. The van der Waals surface area contributed by atoms with Crippen LogP contribution in [0.5, 0.6) is 5.88 Å². The predicted molar refractivity (Wildman–Crippen MR) is 95.1 cm³/mol. The number of pyridine rings is 1. The van der Waals surface area contributed by atoms with Crippen molar-refractivity contribution < 1.29 is 9.53 Å². The molecule has 1 N–H and O–H groups in total. The molecule has 0 aliphatic heterocycles. The van der Waals surface area contributed by atoms with E-state index in [0.717, 1.165) is 42.4 Å². The van der Waals surface area contributed by atoms with Gasteiger partial charge in [-0.05, 0) is 25.0 Å². The summed E-state index contributed by atoms with van der Waals surface area (Å²) in [6.07, 6.45) is 7.06. The van der Waals surface area contributed by atoms with Crippen molar-refractivity contribution >= 4 is 22.4 Å². The topological polar surface area (TPSA) is 51.2 Å². The lowest BCUT2D eigenvalue weighted by Gasteiger charge is -2.11. The summed E-state index contributed by atoms with van der Waals surface area (Å²) >= 11 is 0. The van der Waals surface area contributed by atoms with Gasteiger partial charge in [0.25, 0.3) is 0 Å². The Bertz CT molecular complexity index is 680. The van der Waals surface area contributed by atoms with Crippen molar-refractivity contribution in [3.63, 3.8) is 0 Å². The SMILES string of the molecule is CCC/C=C/C(=O)CCCNc1cc(OC)nc2ccccc12. The lowest BCUT2D eigenvalue weighted by Crippen LogP contribution is -2.05. The van der Waals surface area contributed by atoms with Gasteiger partial charge in [-0.25, -0.2) is 4.98 Å². The quantitative estimate of drug-likeness (QED) is 0.552. The van der Waals surface area contributed by atoms with Crippen LogP contribution in [0.2, 0.25) is 0 Å². The summed E-state index contributed by atoms with van der Waals surface area (Å²) in [5, 5.41) is 4.45. The summed E-state index contributed by atoms with van der Waals surface area (Å²) in [6.45, 7) is 2.84. The molecule has 4 heteroatoms. The van der Waals surface area contributed by atoms with Crippen molar-refractivity contribution in [2.75, 3.05) is 19.0 Å². The lowest BCUT2D eigenvalue weighted by molar-refractivity contribution is -0.114. The van der Waals surface area contributed by atoms with Gasteiger partial charge < -0.3 is 10.1 Å². The Hall–Kier alpha value is -2.36. The van der Waals surface area contributed by atoms with Crippen molar-refractivity contribution in [2.24, 2.45) is 0 Å². The second-order valence-corrected chi connectivity index (χ2v) is 5.42. The van der Waals surface area contributed by atoms with Crippen LogP contribution in [-0.2, 0) is 4.79 Å². The molecule has 0 fully saturated rings. The molecule has 0 aliphatic rings. The van der Waals surface area contributed by atoms with Gasteiger partial charge in [0, 0.05) is 30.1 Å². The van der Waals surface area contributed by atoms with Crippen molar-refractivity contribution in [2.45, 2.75) is 32.6 Å². The van der Waals surface area contributed by atoms with E-state index in [2.05, 4.69) is 17.2 Å². The molecule has 0 aliphatic carbocycles. The van der Waals surface area contributed by atoms with E-state index in [1.807, 2.05) is 36.4 Å². The molecule has 0 amide bonds. The van der Waals surface area contributed by atoms with Crippen LogP contribution in [0.25, 0.3) is 10.9 Å². The van der Waals surface area contributed by atoms with Crippen LogP contribution in [-0.4, -0.2) is 24.4 Å². The van der Waals surface area contributed by atoms with E-state index in [-0.39, 0.29) is 5.78 Å². The van der Waals surface area contributed by atoms with Crippen LogP contribution in [0.3, 0.4) is 0 Å². The van der Waals surface area contributed by atoms with E-state index in [1.54, 1.807) is 13.2 Å². The minimum Gasteiger partial charge on any atom is -0.481 e. The number of methoxy groups -OCH3 is 1. The number of carbonyl (C=O) groups excluding carboxylic acids is 1. The maximum atomic E-state index is 11.7. The van der Waals surface area contributed by atoms with Gasteiger partial charge in [0.15, 0.2) is 5.78 Å². The largest absolute Gasteiger partial charge is 0.481 e. The van der Waals surface area contributed by atoms with Crippen LogP contribution < -0.4 is 10.1 Å². The Morgan fingerprint density at radius 2 is 2.17 bits per heavy atom. The Balaban J connectivity index is 1.93. The number of fused-ring (bicyclic) bond motifs is 1. The van der Waals surface area contributed by atoms with Gasteiger partial charge >= 0.3 is 0 Å². The molecule has 0 saturated carbocycles. The fourth-order valence-corrected chi connectivity index (χ4v) is 2.35. The normalized spacial score (nSPS) is 11.0. The molecule has 2 aromatic rings. The van der Waals surface area contributed by atoms with Gasteiger partial charge in [-0.3, -0.25) is 4.79 Å². The number of aromatic nitrogens is 1. The number of unbranched alkanes of at least 4 members (excludes halogenated alkanes) is 1. The average molecular weight is 312 g/mol. The third-order valence-electron chi connectivity index (χ3n) is 3.58. The Labute approximate surface area is 137 Å². The van der Waals surface area contributed by atoms with Crippen molar-refractivity contribution in [1.82, 2.24) is 4.98 Å². The fraction of sp³-hybridized carbons (Fsp3) is 0.368. The van der Waals surface area contributed by atoms with Crippen molar-refractivity contribution in [1.29, 1.82) is 0 Å². The number of hydrogen-bond donors (Lipinski definition) is 1. The first-order chi connectivity index (χ1) is 11.2. The summed E-state index contributed by atoms with van der Waals surface area (Å²) in [6, 6.07) is 9.84. The molecule has 1 heterocycles. The highest BCUT2D eigenvalue weighted by Crippen LogP contribution is 2.26. The van der Waals surface area contributed by atoms with Gasteiger partial charge in [0.1, 0.15) is 0 Å². The number of carbonyl (C=O) groups is 1. The molecule has 23 heavy (non-hydrogen) atoms. The third-order valence-corrected chi connectivity index (χ3v) is 3.58. The summed E-state index contributed by atoms with van der Waals surface area (Å²) in [4.78, 5) is 16.1. The molecule has 0 bridgehead atoms. The molecule has 1 aromatic heterocycles. The first-order valence-electron chi connectivity index (χ1n) is 8.11. The minimum atomic E-state index is 0.192. The molecule has 2 rings (SSSR count). The van der Waals surface area contributed by atoms with E-state index in [4.69, 9.17) is 4.74 Å². The molecular formula is C19H24N2O2. The third kappa shape index (κ3) is 5.09. The second-order valence-electron chi connectivity index (χ2n) is 5.42. The molecule has 122 valence electrons. The number of rotatable bonds is 9. The fourth-order valence-electron chi connectivity index (χ4n) is 2.35. The molecule has 0 unspecified atom stereocenters. The van der Waals surface area contributed by atoms with E-state index >= 15 is 0 Å². The standard InChI is InChI=1S/C19H24N2O2/c1-3-4-5-9-15(22)10-8-13-20-18-14-19(23-2)21-17-12-7-6-11-16(17)18/h5-7,9,11-12,14H,3-4,8,10,13H2,1-2H3,(H,20,21)/b9-5+. The monoisotopic (exact) mass is 312 g/mol. The highest BCUT2D eigenvalue weighted by Gasteiger charge is 2.05. The van der Waals surface area contributed by atoms with Gasteiger partial charge in [-0.1, -0.05) is 37.6 Å². The summed E-state index contributed by atoms with van der Waals surface area (Å²) in [7, 11) is 1.61. The van der Waals surface area contributed by atoms with E-state index in [1.165, 1.54) is 0 Å². The predicted octanol–water partition coefficient (Wildman–Crippen LogP) is 4.36. The number of ketones is 1. The Morgan fingerprint density at radius 1 is 1.35 bits per heavy atom. The number of para-hydroxylation sites is 1. The number of ether oxygens (including phenoxy) is 1. The molecule has 0 spiro atoms. The molecular weight excluding hydrogens is 288 g/mol.